The standard InChI is InChI=1S/C34H40N4O2/c1-40-33-17-14-28(18-29(33)20-35)25-12-10-24(11-13-25)22-37(34(39)26-6-3-2-4-7-26)32-9-5-8-27(19-32)30-21-36-38(23-30)31-15-16-31/h5,8-9,14,17-19,21,23-26,31H,2-4,6-7,10-13,15-16,22H2,1H3/t24-,25-. The van der Waals surface area contributed by atoms with Crippen LogP contribution in [-0.4, -0.2) is 29.3 Å². The van der Waals surface area contributed by atoms with Gasteiger partial charge in [0.25, 0.3) is 0 Å². The zero-order valence-corrected chi connectivity index (χ0v) is 23.6. The summed E-state index contributed by atoms with van der Waals surface area (Å²) in [5.74, 6) is 2.00. The summed E-state index contributed by atoms with van der Waals surface area (Å²) >= 11 is 0. The highest BCUT2D eigenvalue weighted by molar-refractivity contribution is 5.95. The summed E-state index contributed by atoms with van der Waals surface area (Å²) in [6.07, 6.45) is 16.4. The molecule has 0 aliphatic heterocycles. The fraction of sp³-hybridized carbons (Fsp3) is 0.500. The quantitative estimate of drug-likeness (QED) is 0.296. The van der Waals surface area contributed by atoms with E-state index < -0.39 is 0 Å². The van der Waals surface area contributed by atoms with Crippen LogP contribution in [0.1, 0.15) is 93.7 Å². The Balaban J connectivity index is 1.19. The van der Waals surface area contributed by atoms with Gasteiger partial charge in [0.15, 0.2) is 0 Å². The molecular weight excluding hydrogens is 496 g/mol. The van der Waals surface area contributed by atoms with Gasteiger partial charge >= 0.3 is 0 Å². The SMILES string of the molecule is COc1ccc([C@H]2CC[C@H](CN(C(=O)C3CCCCC3)c3cccc(-c4cnn(C5CC5)c4)c3)CC2)cc1C#N. The molecule has 6 rings (SSSR count). The minimum atomic E-state index is 0.134. The molecule has 6 heteroatoms. The van der Waals surface area contributed by atoms with E-state index in [-0.39, 0.29) is 5.92 Å². The predicted octanol–water partition coefficient (Wildman–Crippen LogP) is 7.65. The van der Waals surface area contributed by atoms with E-state index in [9.17, 15) is 10.1 Å². The van der Waals surface area contributed by atoms with Crippen LogP contribution in [-0.2, 0) is 4.79 Å². The van der Waals surface area contributed by atoms with Gasteiger partial charge < -0.3 is 9.64 Å². The molecule has 1 amide bonds. The first kappa shape index (κ1) is 26.6. The van der Waals surface area contributed by atoms with Gasteiger partial charge in [-0.3, -0.25) is 9.48 Å². The number of nitriles is 1. The lowest BCUT2D eigenvalue weighted by Gasteiger charge is -2.35. The summed E-state index contributed by atoms with van der Waals surface area (Å²) in [7, 11) is 1.61. The maximum atomic E-state index is 14.0. The van der Waals surface area contributed by atoms with Gasteiger partial charge in [-0.1, -0.05) is 37.5 Å². The van der Waals surface area contributed by atoms with Gasteiger partial charge in [0.1, 0.15) is 11.8 Å². The van der Waals surface area contributed by atoms with Crippen molar-refractivity contribution in [1.29, 1.82) is 5.26 Å². The van der Waals surface area contributed by atoms with E-state index in [4.69, 9.17) is 4.74 Å². The first-order chi connectivity index (χ1) is 19.6. The third kappa shape index (κ3) is 5.80. The second-order valence-corrected chi connectivity index (χ2v) is 12.1. The van der Waals surface area contributed by atoms with Crippen LogP contribution in [0.2, 0.25) is 0 Å². The van der Waals surface area contributed by atoms with Crippen LogP contribution in [0.15, 0.2) is 54.9 Å². The fourth-order valence-electron chi connectivity index (χ4n) is 6.78. The zero-order chi connectivity index (χ0) is 27.5. The molecule has 3 aliphatic carbocycles. The predicted molar refractivity (Wildman–Crippen MR) is 157 cm³/mol. The average molecular weight is 537 g/mol. The van der Waals surface area contributed by atoms with Gasteiger partial charge in [0.2, 0.25) is 5.91 Å². The van der Waals surface area contributed by atoms with Crippen molar-refractivity contribution < 1.29 is 9.53 Å². The van der Waals surface area contributed by atoms with Gasteiger partial charge in [-0.25, -0.2) is 0 Å². The largest absolute Gasteiger partial charge is 0.495 e. The number of aromatic nitrogens is 2. The van der Waals surface area contributed by atoms with Crippen LogP contribution in [0, 0.1) is 23.2 Å². The Morgan fingerprint density at radius 1 is 1.00 bits per heavy atom. The average Bonchev–Trinajstić information content (AvgIpc) is 3.75. The molecular formula is C34H40N4O2. The van der Waals surface area contributed by atoms with Crippen molar-refractivity contribution in [2.45, 2.75) is 82.6 Å². The normalized spacial score (nSPS) is 21.5. The maximum absolute atomic E-state index is 14.0. The summed E-state index contributed by atoms with van der Waals surface area (Å²) < 4.78 is 7.43. The molecule has 0 bridgehead atoms. The molecule has 0 N–H and O–H groups in total. The maximum Gasteiger partial charge on any atom is 0.230 e. The number of amides is 1. The van der Waals surface area contributed by atoms with Crippen LogP contribution in [0.3, 0.4) is 0 Å². The lowest BCUT2D eigenvalue weighted by Crippen LogP contribution is -2.41. The van der Waals surface area contributed by atoms with Crippen LogP contribution >= 0.6 is 0 Å². The molecule has 2 aromatic carbocycles. The molecule has 3 saturated carbocycles. The van der Waals surface area contributed by atoms with E-state index in [1.807, 2.05) is 18.3 Å². The Bertz CT molecular complexity index is 1370. The summed E-state index contributed by atoms with van der Waals surface area (Å²) in [6, 6.07) is 17.4. The minimum Gasteiger partial charge on any atom is -0.495 e. The molecule has 0 atom stereocenters. The molecule has 40 heavy (non-hydrogen) atoms. The van der Waals surface area contributed by atoms with Crippen molar-refractivity contribution in [3.05, 3.63) is 66.0 Å². The van der Waals surface area contributed by atoms with Crippen molar-refractivity contribution >= 4 is 11.6 Å². The van der Waals surface area contributed by atoms with E-state index in [1.54, 1.807) is 7.11 Å². The summed E-state index contributed by atoms with van der Waals surface area (Å²) in [5.41, 5.74) is 5.10. The first-order valence-corrected chi connectivity index (χ1v) is 15.2. The lowest BCUT2D eigenvalue weighted by molar-refractivity contribution is -0.123. The highest BCUT2D eigenvalue weighted by Gasteiger charge is 2.31. The molecule has 3 aliphatic rings. The number of hydrogen-bond donors (Lipinski definition) is 0. The highest BCUT2D eigenvalue weighted by Crippen LogP contribution is 2.39. The number of carbonyl (C=O) groups is 1. The topological polar surface area (TPSA) is 71.2 Å². The third-order valence-electron chi connectivity index (χ3n) is 9.34. The van der Waals surface area contributed by atoms with Gasteiger partial charge in [-0.15, -0.1) is 0 Å². The summed E-state index contributed by atoms with van der Waals surface area (Å²) in [5, 5.41) is 14.1. The molecule has 0 radical (unpaired) electrons. The van der Waals surface area contributed by atoms with E-state index in [2.05, 4.69) is 57.3 Å². The van der Waals surface area contributed by atoms with Crippen molar-refractivity contribution in [1.82, 2.24) is 9.78 Å². The zero-order valence-electron chi connectivity index (χ0n) is 23.6. The van der Waals surface area contributed by atoms with Crippen molar-refractivity contribution in [3.63, 3.8) is 0 Å². The van der Waals surface area contributed by atoms with Crippen molar-refractivity contribution in [2.24, 2.45) is 11.8 Å². The van der Waals surface area contributed by atoms with E-state index in [0.29, 0.717) is 35.1 Å². The van der Waals surface area contributed by atoms with Crippen molar-refractivity contribution in [3.8, 4) is 22.9 Å². The molecule has 0 spiro atoms. The van der Waals surface area contributed by atoms with Gasteiger partial charge in [0.05, 0.1) is 24.9 Å². The Hall–Kier alpha value is -3.59. The molecule has 3 fully saturated rings. The van der Waals surface area contributed by atoms with E-state index in [0.717, 1.165) is 74.7 Å². The number of rotatable bonds is 8. The first-order valence-electron chi connectivity index (χ1n) is 15.2. The fourth-order valence-corrected chi connectivity index (χ4v) is 6.78. The number of nitrogens with zero attached hydrogens (tertiary/aromatic N) is 4. The van der Waals surface area contributed by atoms with Crippen LogP contribution in [0.5, 0.6) is 5.75 Å². The number of ether oxygens (including phenoxy) is 1. The number of benzene rings is 2. The van der Waals surface area contributed by atoms with Crippen molar-refractivity contribution in [2.75, 3.05) is 18.6 Å². The monoisotopic (exact) mass is 536 g/mol. The molecule has 6 nitrogen and oxygen atoms in total. The summed E-state index contributed by atoms with van der Waals surface area (Å²) in [4.78, 5) is 16.1. The van der Waals surface area contributed by atoms with Gasteiger partial charge in [0, 0.05) is 29.9 Å². The van der Waals surface area contributed by atoms with Gasteiger partial charge in [-0.2, -0.15) is 10.4 Å². The molecule has 1 heterocycles. The Labute approximate surface area is 237 Å². The summed E-state index contributed by atoms with van der Waals surface area (Å²) in [6.45, 7) is 0.777. The minimum absolute atomic E-state index is 0.134. The van der Waals surface area contributed by atoms with Gasteiger partial charge in [-0.05, 0) is 98.6 Å². The lowest BCUT2D eigenvalue weighted by atomic mass is 9.78. The molecule has 0 unspecified atom stereocenters. The Morgan fingerprint density at radius 2 is 1.80 bits per heavy atom. The molecule has 208 valence electrons. The van der Waals surface area contributed by atoms with Crippen LogP contribution in [0.25, 0.3) is 11.1 Å². The Kier molecular flexibility index (Phi) is 7.91. The molecule has 1 aromatic heterocycles. The van der Waals surface area contributed by atoms with Crippen LogP contribution < -0.4 is 9.64 Å². The number of anilines is 1. The number of hydrogen-bond acceptors (Lipinski definition) is 4. The smallest absolute Gasteiger partial charge is 0.230 e. The number of carbonyl (C=O) groups excluding carboxylic acids is 1. The molecule has 0 saturated heterocycles. The third-order valence-corrected chi connectivity index (χ3v) is 9.34. The van der Waals surface area contributed by atoms with E-state index in [1.165, 1.54) is 24.8 Å². The second kappa shape index (κ2) is 11.9. The van der Waals surface area contributed by atoms with E-state index >= 15 is 0 Å². The molecule has 3 aromatic rings. The van der Waals surface area contributed by atoms with Crippen LogP contribution in [0.4, 0.5) is 5.69 Å². The second-order valence-electron chi connectivity index (χ2n) is 12.1. The Morgan fingerprint density at radius 3 is 2.52 bits per heavy atom. The number of methoxy groups -OCH3 is 1. The highest BCUT2D eigenvalue weighted by atomic mass is 16.5.